The van der Waals surface area contributed by atoms with Crippen molar-refractivity contribution in [3.63, 3.8) is 0 Å². The van der Waals surface area contributed by atoms with Gasteiger partial charge in [0.05, 0.1) is 17.5 Å². The molecule has 0 spiro atoms. The summed E-state index contributed by atoms with van der Waals surface area (Å²) in [5.41, 5.74) is 4.95. The molecular formula is C27H22ClNO2. The van der Waals surface area contributed by atoms with Gasteiger partial charge in [0.25, 0.3) is 0 Å². The predicted octanol–water partition coefficient (Wildman–Crippen LogP) is 5.39. The first-order valence-electron chi connectivity index (χ1n) is 10.6. The van der Waals surface area contributed by atoms with E-state index in [0.717, 1.165) is 27.8 Å². The van der Waals surface area contributed by atoms with Crippen LogP contribution in [0.3, 0.4) is 0 Å². The van der Waals surface area contributed by atoms with Crippen molar-refractivity contribution < 1.29 is 9.59 Å². The maximum absolute atomic E-state index is 14.0. The molecule has 2 amide bonds. The molecule has 1 aliphatic heterocycles. The number of rotatable bonds is 1. The van der Waals surface area contributed by atoms with Crippen LogP contribution >= 0.6 is 11.6 Å². The summed E-state index contributed by atoms with van der Waals surface area (Å²) in [6.45, 7) is 6.19. The SMILES string of the molecule is Cc1ccc(Cl)cc1N1C(=O)[C@H]2[C@H](C1=O)C1(C)c3ccccc3C2(C)c2ccccc21. The van der Waals surface area contributed by atoms with Crippen molar-refractivity contribution in [2.45, 2.75) is 31.6 Å². The third-order valence-corrected chi connectivity index (χ3v) is 8.29. The molecule has 3 nitrogen and oxygen atoms in total. The van der Waals surface area contributed by atoms with Crippen molar-refractivity contribution in [3.8, 4) is 0 Å². The Kier molecular flexibility index (Phi) is 3.56. The average Bonchev–Trinajstić information content (AvgIpc) is 3.05. The van der Waals surface area contributed by atoms with Crippen LogP contribution in [0.4, 0.5) is 5.69 Å². The summed E-state index contributed by atoms with van der Waals surface area (Å²) in [6, 6.07) is 22.0. The molecule has 0 radical (unpaired) electrons. The minimum absolute atomic E-state index is 0.127. The van der Waals surface area contributed by atoms with Crippen LogP contribution in [0.5, 0.6) is 0 Å². The van der Waals surface area contributed by atoms with Crippen LogP contribution in [0, 0.1) is 18.8 Å². The first-order valence-corrected chi connectivity index (χ1v) is 11.0. The Labute approximate surface area is 186 Å². The summed E-state index contributed by atoms with van der Waals surface area (Å²) in [6.07, 6.45) is 0. The minimum atomic E-state index is -0.566. The van der Waals surface area contributed by atoms with Crippen LogP contribution in [0.25, 0.3) is 0 Å². The number of nitrogens with zero attached hydrogens (tertiary/aromatic N) is 1. The summed E-state index contributed by atoms with van der Waals surface area (Å²) in [4.78, 5) is 29.5. The average molecular weight is 428 g/mol. The van der Waals surface area contributed by atoms with Gasteiger partial charge in [0, 0.05) is 15.9 Å². The second-order valence-electron chi connectivity index (χ2n) is 9.39. The van der Waals surface area contributed by atoms with Gasteiger partial charge < -0.3 is 0 Å². The standard InChI is InChI=1S/C27H22ClNO2/c1-15-12-13-16(28)14-21(15)29-24(30)22-23(25(29)31)27(3)19-10-6-4-8-17(19)26(22,2)18-9-5-7-11-20(18)27/h4-14,22-23H,1-3H3/t22-,23-,26?,27?/m1/s1. The Morgan fingerprint density at radius 3 is 1.58 bits per heavy atom. The fourth-order valence-electron chi connectivity index (χ4n) is 6.63. The lowest BCUT2D eigenvalue weighted by Crippen LogP contribution is -2.59. The van der Waals surface area contributed by atoms with Gasteiger partial charge in [0.2, 0.25) is 11.8 Å². The number of carbonyl (C=O) groups is 2. The molecule has 1 saturated heterocycles. The second-order valence-corrected chi connectivity index (χ2v) is 9.83. The molecule has 4 aliphatic rings. The van der Waals surface area contributed by atoms with E-state index in [1.54, 1.807) is 12.1 Å². The first kappa shape index (κ1) is 18.8. The summed E-state index contributed by atoms with van der Waals surface area (Å²) in [5.74, 6) is -1.16. The molecule has 2 atom stereocenters. The molecule has 3 aromatic rings. The van der Waals surface area contributed by atoms with E-state index in [1.807, 2.05) is 37.3 Å². The van der Waals surface area contributed by atoms with Crippen LogP contribution in [-0.4, -0.2) is 11.8 Å². The second kappa shape index (κ2) is 5.86. The Hall–Kier alpha value is -2.91. The highest BCUT2D eigenvalue weighted by atomic mass is 35.5. The molecule has 31 heavy (non-hydrogen) atoms. The van der Waals surface area contributed by atoms with E-state index >= 15 is 0 Å². The summed E-state index contributed by atoms with van der Waals surface area (Å²) >= 11 is 6.26. The van der Waals surface area contributed by atoms with E-state index in [4.69, 9.17) is 11.6 Å². The summed E-state index contributed by atoms with van der Waals surface area (Å²) in [7, 11) is 0. The Bertz CT molecular complexity index is 1190. The smallest absolute Gasteiger partial charge is 0.238 e. The van der Waals surface area contributed by atoms with E-state index in [-0.39, 0.29) is 11.8 Å². The van der Waals surface area contributed by atoms with Crippen molar-refractivity contribution >= 4 is 29.1 Å². The predicted molar refractivity (Wildman–Crippen MR) is 121 cm³/mol. The molecule has 0 aromatic heterocycles. The molecule has 0 unspecified atom stereocenters. The Morgan fingerprint density at radius 1 is 0.742 bits per heavy atom. The van der Waals surface area contributed by atoms with Gasteiger partial charge in [-0.3, -0.25) is 9.59 Å². The van der Waals surface area contributed by atoms with Crippen LogP contribution in [0.2, 0.25) is 5.02 Å². The number of halogens is 1. The number of amides is 2. The number of anilines is 1. The fraction of sp³-hybridized carbons (Fsp3) is 0.259. The van der Waals surface area contributed by atoms with Gasteiger partial charge in [-0.2, -0.15) is 0 Å². The van der Waals surface area contributed by atoms with E-state index in [2.05, 4.69) is 38.1 Å². The third kappa shape index (κ3) is 2.01. The van der Waals surface area contributed by atoms with Gasteiger partial charge in [-0.1, -0.05) is 80.0 Å². The van der Waals surface area contributed by atoms with E-state index < -0.39 is 22.7 Å². The normalized spacial score (nSPS) is 30.3. The molecule has 0 saturated carbocycles. The van der Waals surface area contributed by atoms with E-state index in [9.17, 15) is 9.59 Å². The first-order chi connectivity index (χ1) is 14.8. The van der Waals surface area contributed by atoms with E-state index in [0.29, 0.717) is 10.7 Å². The monoisotopic (exact) mass is 427 g/mol. The third-order valence-electron chi connectivity index (χ3n) is 8.05. The summed E-state index contributed by atoms with van der Waals surface area (Å²) in [5, 5.41) is 0.517. The number of hydrogen-bond donors (Lipinski definition) is 0. The van der Waals surface area contributed by atoms with Crippen molar-refractivity contribution in [2.75, 3.05) is 4.90 Å². The molecule has 7 rings (SSSR count). The maximum Gasteiger partial charge on any atom is 0.238 e. The van der Waals surface area contributed by atoms with Gasteiger partial charge in [-0.15, -0.1) is 0 Å². The Balaban J connectivity index is 1.67. The minimum Gasteiger partial charge on any atom is -0.274 e. The molecule has 2 bridgehead atoms. The highest BCUT2D eigenvalue weighted by Gasteiger charge is 2.70. The highest BCUT2D eigenvalue weighted by molar-refractivity contribution is 6.31. The van der Waals surface area contributed by atoms with Gasteiger partial charge in [0.1, 0.15) is 0 Å². The zero-order valence-electron chi connectivity index (χ0n) is 17.6. The fourth-order valence-corrected chi connectivity index (χ4v) is 6.80. The largest absolute Gasteiger partial charge is 0.274 e. The summed E-state index contributed by atoms with van der Waals surface area (Å²) < 4.78 is 0. The number of imide groups is 1. The van der Waals surface area contributed by atoms with Crippen molar-refractivity contribution in [2.24, 2.45) is 11.8 Å². The molecular weight excluding hydrogens is 406 g/mol. The molecule has 1 fully saturated rings. The van der Waals surface area contributed by atoms with Crippen molar-refractivity contribution in [3.05, 3.63) is 99.6 Å². The van der Waals surface area contributed by atoms with Crippen LogP contribution in [0.15, 0.2) is 66.7 Å². The quantitative estimate of drug-likeness (QED) is 0.488. The molecule has 4 heteroatoms. The zero-order chi connectivity index (χ0) is 21.7. The number of carbonyl (C=O) groups excluding carboxylic acids is 2. The zero-order valence-corrected chi connectivity index (χ0v) is 18.4. The molecule has 1 heterocycles. The number of benzene rings is 3. The van der Waals surface area contributed by atoms with Crippen LogP contribution < -0.4 is 4.90 Å². The van der Waals surface area contributed by atoms with Crippen molar-refractivity contribution in [1.29, 1.82) is 0 Å². The van der Waals surface area contributed by atoms with Crippen molar-refractivity contribution in [1.82, 2.24) is 0 Å². The highest BCUT2D eigenvalue weighted by Crippen LogP contribution is 2.66. The molecule has 3 aliphatic carbocycles. The Morgan fingerprint density at radius 2 is 1.16 bits per heavy atom. The lowest BCUT2D eigenvalue weighted by atomic mass is 9.42. The molecule has 154 valence electrons. The lowest BCUT2D eigenvalue weighted by molar-refractivity contribution is -0.124. The van der Waals surface area contributed by atoms with Gasteiger partial charge in [0.15, 0.2) is 0 Å². The van der Waals surface area contributed by atoms with Gasteiger partial charge >= 0.3 is 0 Å². The maximum atomic E-state index is 14.0. The number of hydrogen-bond acceptors (Lipinski definition) is 2. The lowest BCUT2D eigenvalue weighted by Gasteiger charge is -2.57. The number of aryl methyl sites for hydroxylation is 1. The topological polar surface area (TPSA) is 37.4 Å². The van der Waals surface area contributed by atoms with Gasteiger partial charge in [-0.05, 0) is 46.9 Å². The van der Waals surface area contributed by atoms with Gasteiger partial charge in [-0.25, -0.2) is 4.90 Å². The molecule has 0 N–H and O–H groups in total. The van der Waals surface area contributed by atoms with Crippen LogP contribution in [0.1, 0.15) is 41.7 Å². The van der Waals surface area contributed by atoms with E-state index in [1.165, 1.54) is 4.90 Å². The van der Waals surface area contributed by atoms with Crippen LogP contribution in [-0.2, 0) is 20.4 Å². The molecule has 3 aromatic carbocycles.